The molecule has 7 nitrogen and oxygen atoms in total. The lowest BCUT2D eigenvalue weighted by molar-refractivity contribution is 0.102. The van der Waals surface area contributed by atoms with Gasteiger partial charge in [-0.15, -0.1) is 0 Å². The first kappa shape index (κ1) is 20.7. The van der Waals surface area contributed by atoms with E-state index in [4.69, 9.17) is 9.47 Å². The predicted molar refractivity (Wildman–Crippen MR) is 118 cm³/mol. The number of methoxy groups -OCH3 is 1. The van der Waals surface area contributed by atoms with Gasteiger partial charge >= 0.3 is 6.03 Å². The molecule has 0 atom stereocenters. The van der Waals surface area contributed by atoms with E-state index in [2.05, 4.69) is 16.0 Å². The summed E-state index contributed by atoms with van der Waals surface area (Å²) >= 11 is 0. The number of ether oxygens (including phenoxy) is 2. The van der Waals surface area contributed by atoms with Crippen LogP contribution in [0.15, 0.2) is 72.8 Å². The van der Waals surface area contributed by atoms with Crippen molar-refractivity contribution in [2.75, 3.05) is 29.7 Å². The van der Waals surface area contributed by atoms with Crippen LogP contribution in [0.1, 0.15) is 17.3 Å². The highest BCUT2D eigenvalue weighted by atomic mass is 16.5. The van der Waals surface area contributed by atoms with Gasteiger partial charge in [0.2, 0.25) is 0 Å². The monoisotopic (exact) mass is 405 g/mol. The molecule has 0 bridgehead atoms. The minimum Gasteiger partial charge on any atom is -0.493 e. The van der Waals surface area contributed by atoms with E-state index in [1.165, 1.54) is 0 Å². The number of anilines is 3. The Kier molecular flexibility index (Phi) is 6.89. The summed E-state index contributed by atoms with van der Waals surface area (Å²) in [6.07, 6.45) is 0. The first-order valence-electron chi connectivity index (χ1n) is 9.44. The number of amides is 3. The van der Waals surface area contributed by atoms with E-state index in [1.807, 2.05) is 25.1 Å². The van der Waals surface area contributed by atoms with Crippen LogP contribution in [0.25, 0.3) is 0 Å². The minimum atomic E-state index is -0.348. The fourth-order valence-electron chi connectivity index (χ4n) is 2.74. The van der Waals surface area contributed by atoms with E-state index in [0.717, 1.165) is 0 Å². The predicted octanol–water partition coefficient (Wildman–Crippen LogP) is 4.99. The lowest BCUT2D eigenvalue weighted by Crippen LogP contribution is -2.19. The van der Waals surface area contributed by atoms with Crippen molar-refractivity contribution in [2.24, 2.45) is 0 Å². The third kappa shape index (κ3) is 5.51. The Morgan fingerprint density at radius 2 is 1.37 bits per heavy atom. The third-order valence-electron chi connectivity index (χ3n) is 4.16. The van der Waals surface area contributed by atoms with Crippen molar-refractivity contribution in [1.82, 2.24) is 0 Å². The van der Waals surface area contributed by atoms with E-state index in [1.54, 1.807) is 61.7 Å². The van der Waals surface area contributed by atoms with Crippen LogP contribution in [-0.2, 0) is 0 Å². The molecule has 3 aromatic rings. The highest BCUT2D eigenvalue weighted by Crippen LogP contribution is 2.28. The van der Waals surface area contributed by atoms with Gasteiger partial charge in [0.15, 0.2) is 11.5 Å². The zero-order valence-corrected chi connectivity index (χ0v) is 16.8. The average molecular weight is 405 g/mol. The summed E-state index contributed by atoms with van der Waals surface area (Å²) in [5, 5.41) is 8.31. The molecule has 0 heterocycles. The Morgan fingerprint density at radius 1 is 0.767 bits per heavy atom. The molecule has 30 heavy (non-hydrogen) atoms. The molecule has 3 aromatic carbocycles. The van der Waals surface area contributed by atoms with Gasteiger partial charge in [0.05, 0.1) is 13.7 Å². The summed E-state index contributed by atoms with van der Waals surface area (Å²) in [5.74, 6) is 0.801. The number of carbonyl (C=O) groups is 2. The van der Waals surface area contributed by atoms with E-state index in [9.17, 15) is 9.59 Å². The third-order valence-corrected chi connectivity index (χ3v) is 4.16. The molecule has 0 aliphatic carbocycles. The average Bonchev–Trinajstić information content (AvgIpc) is 2.76. The Morgan fingerprint density at radius 3 is 1.97 bits per heavy atom. The van der Waals surface area contributed by atoms with Crippen LogP contribution in [0.4, 0.5) is 21.9 Å². The summed E-state index contributed by atoms with van der Waals surface area (Å²) in [6.45, 7) is 2.33. The lowest BCUT2D eigenvalue weighted by Gasteiger charge is -2.12. The van der Waals surface area contributed by atoms with Crippen LogP contribution in [0.2, 0.25) is 0 Å². The molecular weight excluding hydrogens is 382 g/mol. The van der Waals surface area contributed by atoms with Crippen molar-refractivity contribution < 1.29 is 19.1 Å². The molecule has 0 spiro atoms. The fourth-order valence-corrected chi connectivity index (χ4v) is 2.74. The molecule has 3 amide bonds. The number of para-hydroxylation sites is 1. The van der Waals surface area contributed by atoms with Gasteiger partial charge in [-0.3, -0.25) is 4.79 Å². The standard InChI is InChI=1S/C23H23N3O4/c1-3-30-21-15-16(9-14-20(21)29-2)22(27)24-18-10-12-19(13-11-18)26-23(28)25-17-7-5-4-6-8-17/h4-15H,3H2,1-2H3,(H,24,27)(H2,25,26,28). The Labute approximate surface area is 175 Å². The van der Waals surface area contributed by atoms with Crippen molar-refractivity contribution in [1.29, 1.82) is 0 Å². The zero-order chi connectivity index (χ0) is 21.3. The Balaban J connectivity index is 1.60. The van der Waals surface area contributed by atoms with Crippen molar-refractivity contribution in [2.45, 2.75) is 6.92 Å². The maximum atomic E-state index is 12.5. The first-order chi connectivity index (χ1) is 14.6. The molecule has 0 aromatic heterocycles. The summed E-state index contributed by atoms with van der Waals surface area (Å²) in [4.78, 5) is 24.6. The first-order valence-corrected chi connectivity index (χ1v) is 9.44. The van der Waals surface area contributed by atoms with Crippen molar-refractivity contribution in [3.63, 3.8) is 0 Å². The molecule has 0 unspecified atom stereocenters. The molecule has 3 N–H and O–H groups in total. The number of hydrogen-bond acceptors (Lipinski definition) is 4. The number of nitrogens with one attached hydrogen (secondary N) is 3. The fraction of sp³-hybridized carbons (Fsp3) is 0.130. The molecule has 7 heteroatoms. The van der Waals surface area contributed by atoms with Gasteiger partial charge < -0.3 is 25.4 Å². The van der Waals surface area contributed by atoms with E-state index in [0.29, 0.717) is 40.7 Å². The number of urea groups is 1. The minimum absolute atomic E-state index is 0.277. The van der Waals surface area contributed by atoms with Gasteiger partial charge in [0.25, 0.3) is 5.91 Å². The molecule has 154 valence electrons. The van der Waals surface area contributed by atoms with Gasteiger partial charge in [-0.2, -0.15) is 0 Å². The van der Waals surface area contributed by atoms with Crippen LogP contribution in [0, 0.1) is 0 Å². The molecule has 0 saturated heterocycles. The Bertz CT molecular complexity index is 1000. The van der Waals surface area contributed by atoms with Gasteiger partial charge in [0, 0.05) is 22.6 Å². The van der Waals surface area contributed by atoms with Crippen LogP contribution in [-0.4, -0.2) is 25.7 Å². The topological polar surface area (TPSA) is 88.7 Å². The summed E-state index contributed by atoms with van der Waals surface area (Å²) in [7, 11) is 1.55. The lowest BCUT2D eigenvalue weighted by atomic mass is 10.1. The smallest absolute Gasteiger partial charge is 0.323 e. The molecule has 0 aliphatic rings. The number of carbonyl (C=O) groups excluding carboxylic acids is 2. The molecule has 0 radical (unpaired) electrons. The zero-order valence-electron chi connectivity index (χ0n) is 16.8. The maximum absolute atomic E-state index is 12.5. The molecular formula is C23H23N3O4. The van der Waals surface area contributed by atoms with E-state index in [-0.39, 0.29) is 11.9 Å². The van der Waals surface area contributed by atoms with Crippen LogP contribution in [0.3, 0.4) is 0 Å². The molecule has 0 fully saturated rings. The summed E-state index contributed by atoms with van der Waals surface area (Å²) < 4.78 is 10.7. The van der Waals surface area contributed by atoms with Gasteiger partial charge in [0.1, 0.15) is 0 Å². The largest absolute Gasteiger partial charge is 0.493 e. The van der Waals surface area contributed by atoms with Crippen LogP contribution >= 0.6 is 0 Å². The number of benzene rings is 3. The van der Waals surface area contributed by atoms with E-state index >= 15 is 0 Å². The SMILES string of the molecule is CCOc1cc(C(=O)Nc2ccc(NC(=O)Nc3ccccc3)cc2)ccc1OC. The van der Waals surface area contributed by atoms with E-state index < -0.39 is 0 Å². The molecule has 3 rings (SSSR count). The normalized spacial score (nSPS) is 10.1. The van der Waals surface area contributed by atoms with Crippen LogP contribution < -0.4 is 25.4 Å². The summed E-state index contributed by atoms with van der Waals surface area (Å²) in [5.41, 5.74) is 2.35. The maximum Gasteiger partial charge on any atom is 0.323 e. The number of hydrogen-bond donors (Lipinski definition) is 3. The van der Waals surface area contributed by atoms with Gasteiger partial charge in [-0.05, 0) is 61.5 Å². The highest BCUT2D eigenvalue weighted by Gasteiger charge is 2.12. The van der Waals surface area contributed by atoms with Crippen LogP contribution in [0.5, 0.6) is 11.5 Å². The second-order valence-electron chi connectivity index (χ2n) is 6.28. The molecule has 0 aliphatic heterocycles. The van der Waals surface area contributed by atoms with Gasteiger partial charge in [-0.25, -0.2) is 4.79 Å². The summed E-state index contributed by atoms with van der Waals surface area (Å²) in [6, 6.07) is 20.6. The quantitative estimate of drug-likeness (QED) is 0.517. The molecule has 0 saturated carbocycles. The second kappa shape index (κ2) is 9.97. The highest BCUT2D eigenvalue weighted by molar-refractivity contribution is 6.05. The number of rotatable bonds is 7. The van der Waals surface area contributed by atoms with Crippen molar-refractivity contribution in [3.8, 4) is 11.5 Å². The van der Waals surface area contributed by atoms with Crippen molar-refractivity contribution >= 4 is 29.0 Å². The Hall–Kier alpha value is -4.00. The van der Waals surface area contributed by atoms with Crippen molar-refractivity contribution in [3.05, 3.63) is 78.4 Å². The second-order valence-corrected chi connectivity index (χ2v) is 6.28. The van der Waals surface area contributed by atoms with Gasteiger partial charge in [-0.1, -0.05) is 18.2 Å².